The molecule has 4 aromatic carbocycles. The molecule has 4 rings (SSSR count). The van der Waals surface area contributed by atoms with Crippen LogP contribution >= 0.6 is 0 Å². The molecule has 13 nitrogen and oxygen atoms in total. The van der Waals surface area contributed by atoms with Gasteiger partial charge >= 0.3 is 0 Å². The largest absolute Gasteiger partial charge is 0.491 e. The van der Waals surface area contributed by atoms with Gasteiger partial charge in [-0.05, 0) is 85.6 Å². The van der Waals surface area contributed by atoms with E-state index in [0.717, 1.165) is 17.7 Å². The van der Waals surface area contributed by atoms with Crippen LogP contribution in [0.3, 0.4) is 0 Å². The van der Waals surface area contributed by atoms with E-state index in [-0.39, 0.29) is 36.1 Å². The van der Waals surface area contributed by atoms with E-state index in [0.29, 0.717) is 29.2 Å². The normalized spacial score (nSPS) is 12.3. The summed E-state index contributed by atoms with van der Waals surface area (Å²) in [5, 5.41) is 32.8. The molecule has 16 heteroatoms. The number of aliphatic hydroxyl groups excluding tert-OH is 1. The molecule has 1 atom stereocenters. The van der Waals surface area contributed by atoms with Crippen molar-refractivity contribution in [2.24, 2.45) is 10.2 Å². The molecule has 1 unspecified atom stereocenters. The second-order valence-electron chi connectivity index (χ2n) is 9.53. The van der Waals surface area contributed by atoms with Crippen LogP contribution in [0.4, 0.5) is 28.4 Å². The van der Waals surface area contributed by atoms with Crippen LogP contribution in [-0.4, -0.2) is 58.4 Å². The van der Waals surface area contributed by atoms with Crippen LogP contribution < -0.4 is 14.2 Å². The Bertz CT molecular complexity index is 1890. The average molecular weight is 647 g/mol. The number of sulfonamides is 2. The van der Waals surface area contributed by atoms with Gasteiger partial charge in [0, 0.05) is 30.6 Å². The average Bonchev–Trinajstić information content (AvgIpc) is 3.00. The molecular formula is C29H29LiN5O8S2. The number of anilines is 2. The summed E-state index contributed by atoms with van der Waals surface area (Å²) in [6.45, 7) is 3.92. The van der Waals surface area contributed by atoms with Gasteiger partial charge < -0.3 is 15.2 Å². The zero-order valence-electron chi connectivity index (χ0n) is 24.6. The zero-order chi connectivity index (χ0) is 31.9. The SMILES string of the molecule is CCC(O)COc1ccc(N=Nc2ccc(Nc3ccc(S(=O)(=O)NS(=O)(=O)c4ccccc4)cc3[N+](=O)[O-])cc2)cc1C.[Li]. The van der Waals surface area contributed by atoms with Crippen molar-refractivity contribution >= 4 is 67.3 Å². The molecule has 0 spiro atoms. The predicted molar refractivity (Wildman–Crippen MR) is 170 cm³/mol. The maximum absolute atomic E-state index is 12.8. The number of nitro benzene ring substituents is 1. The third-order valence-electron chi connectivity index (χ3n) is 6.24. The first kappa shape index (κ1) is 35.4. The minimum Gasteiger partial charge on any atom is -0.491 e. The number of nitrogens with one attached hydrogen (secondary N) is 2. The molecule has 0 saturated heterocycles. The van der Waals surface area contributed by atoms with Gasteiger partial charge in [0.05, 0.1) is 32.2 Å². The van der Waals surface area contributed by atoms with E-state index in [1.165, 1.54) is 30.3 Å². The van der Waals surface area contributed by atoms with Crippen LogP contribution in [0.5, 0.6) is 5.75 Å². The molecule has 0 saturated carbocycles. The molecule has 0 bridgehead atoms. The molecule has 0 aromatic heterocycles. The quantitative estimate of drug-likeness (QED) is 0.0729. The fourth-order valence-electron chi connectivity index (χ4n) is 3.82. The van der Waals surface area contributed by atoms with Crippen LogP contribution in [-0.2, 0) is 20.0 Å². The van der Waals surface area contributed by atoms with Crippen molar-refractivity contribution in [2.75, 3.05) is 11.9 Å². The number of hydrogen-bond acceptors (Lipinski definition) is 11. The van der Waals surface area contributed by atoms with Crippen molar-refractivity contribution < 1.29 is 31.6 Å². The van der Waals surface area contributed by atoms with Crippen molar-refractivity contribution in [2.45, 2.75) is 36.2 Å². The standard InChI is InChI=1S/C29H29N5O8S2.Li/c1-3-24(35)19-42-29-16-13-23(17-20(29)2)32-31-22-11-9-21(10-12-22)30-27-15-14-26(18-28(27)34(36)37)44(40,41)33-43(38,39)25-7-5-4-6-8-25;/h4-18,24,30,33,35H,3,19H2,1-2H3;. The van der Waals surface area contributed by atoms with Crippen LogP contribution in [0.15, 0.2) is 111 Å². The Morgan fingerprint density at radius 3 is 2.11 bits per heavy atom. The van der Waals surface area contributed by atoms with E-state index in [9.17, 15) is 32.1 Å². The summed E-state index contributed by atoms with van der Waals surface area (Å²) in [5.74, 6) is 0.639. The summed E-state index contributed by atoms with van der Waals surface area (Å²) in [6.07, 6.45) is 0.0517. The van der Waals surface area contributed by atoms with E-state index >= 15 is 0 Å². The molecule has 0 aliphatic heterocycles. The van der Waals surface area contributed by atoms with Crippen molar-refractivity contribution in [1.29, 1.82) is 0 Å². The summed E-state index contributed by atoms with van der Waals surface area (Å²) in [6, 6.07) is 21.6. The fourth-order valence-corrected chi connectivity index (χ4v) is 6.77. The van der Waals surface area contributed by atoms with Crippen molar-refractivity contribution in [3.05, 3.63) is 107 Å². The maximum Gasteiger partial charge on any atom is 0.294 e. The number of nitrogens with zero attached hydrogens (tertiary/aromatic N) is 3. The third kappa shape index (κ3) is 9.44. The predicted octanol–water partition coefficient (Wildman–Crippen LogP) is 5.50. The number of aliphatic hydroxyl groups is 1. The first-order valence-electron chi connectivity index (χ1n) is 13.2. The van der Waals surface area contributed by atoms with E-state index < -0.39 is 41.7 Å². The Labute approximate surface area is 272 Å². The van der Waals surface area contributed by atoms with Gasteiger partial charge in [0.1, 0.15) is 18.0 Å². The van der Waals surface area contributed by atoms with Gasteiger partial charge in [-0.2, -0.15) is 10.2 Å². The maximum atomic E-state index is 12.8. The molecule has 45 heavy (non-hydrogen) atoms. The minimum absolute atomic E-state index is 0. The van der Waals surface area contributed by atoms with Gasteiger partial charge in [0.15, 0.2) is 0 Å². The molecule has 0 aliphatic rings. The van der Waals surface area contributed by atoms with Crippen LogP contribution in [0.1, 0.15) is 18.9 Å². The minimum atomic E-state index is -4.67. The zero-order valence-corrected chi connectivity index (χ0v) is 26.2. The summed E-state index contributed by atoms with van der Waals surface area (Å²) in [5.41, 5.74) is 1.77. The number of ether oxygens (including phenoxy) is 1. The van der Waals surface area contributed by atoms with Gasteiger partial charge in [-0.25, -0.2) is 16.8 Å². The van der Waals surface area contributed by atoms with Gasteiger partial charge in [-0.15, -0.1) is 4.13 Å². The van der Waals surface area contributed by atoms with E-state index in [4.69, 9.17) is 4.74 Å². The summed E-state index contributed by atoms with van der Waals surface area (Å²) >= 11 is 0. The Morgan fingerprint density at radius 1 is 0.867 bits per heavy atom. The topological polar surface area (TPSA) is 190 Å². The molecule has 0 fully saturated rings. The van der Waals surface area contributed by atoms with E-state index in [1.807, 2.05) is 13.8 Å². The van der Waals surface area contributed by atoms with Crippen LogP contribution in [0.25, 0.3) is 0 Å². The molecular weight excluding hydrogens is 617 g/mol. The van der Waals surface area contributed by atoms with Gasteiger partial charge in [-0.3, -0.25) is 10.1 Å². The third-order valence-corrected chi connectivity index (χ3v) is 9.76. The Morgan fingerprint density at radius 2 is 1.49 bits per heavy atom. The van der Waals surface area contributed by atoms with Crippen molar-refractivity contribution in [1.82, 2.24) is 4.13 Å². The summed E-state index contributed by atoms with van der Waals surface area (Å²) in [7, 11) is -9.12. The first-order valence-corrected chi connectivity index (χ1v) is 16.2. The number of hydrogen-bond donors (Lipinski definition) is 3. The van der Waals surface area contributed by atoms with E-state index in [2.05, 4.69) is 15.5 Å². The van der Waals surface area contributed by atoms with Gasteiger partial charge in [0.25, 0.3) is 25.7 Å². The van der Waals surface area contributed by atoms with Crippen molar-refractivity contribution in [3.63, 3.8) is 0 Å². The number of azo groups is 1. The molecule has 1 radical (unpaired) electrons. The fraction of sp³-hybridized carbons (Fsp3) is 0.172. The van der Waals surface area contributed by atoms with Crippen molar-refractivity contribution in [3.8, 4) is 5.75 Å². The van der Waals surface area contributed by atoms with Gasteiger partial charge in [0.2, 0.25) is 0 Å². The molecule has 0 aliphatic carbocycles. The Balaban J connectivity index is 0.00000552. The Hall–Kier alpha value is -4.10. The van der Waals surface area contributed by atoms with E-state index in [1.54, 1.807) is 52.7 Å². The van der Waals surface area contributed by atoms with Crippen LogP contribution in [0.2, 0.25) is 0 Å². The molecule has 231 valence electrons. The number of nitro groups is 1. The molecule has 3 N–H and O–H groups in total. The summed E-state index contributed by atoms with van der Waals surface area (Å²) in [4.78, 5) is 10.1. The number of benzene rings is 4. The second-order valence-corrected chi connectivity index (χ2v) is 13.2. The smallest absolute Gasteiger partial charge is 0.294 e. The van der Waals surface area contributed by atoms with Crippen LogP contribution in [0, 0.1) is 17.0 Å². The summed E-state index contributed by atoms with van der Waals surface area (Å²) < 4.78 is 57.9. The Kier molecular flexibility index (Phi) is 12.0. The second kappa shape index (κ2) is 15.3. The monoisotopic (exact) mass is 646 g/mol. The van der Waals surface area contributed by atoms with Gasteiger partial charge in [-0.1, -0.05) is 25.1 Å². The number of rotatable bonds is 13. The molecule has 0 amide bonds. The molecule has 0 heterocycles. The first-order chi connectivity index (χ1) is 20.9. The molecule has 4 aromatic rings. The number of aryl methyl sites for hydroxylation is 1.